The van der Waals surface area contributed by atoms with Crippen LogP contribution < -0.4 is 0 Å². The van der Waals surface area contributed by atoms with Crippen molar-refractivity contribution in [2.45, 2.75) is 20.1 Å². The summed E-state index contributed by atoms with van der Waals surface area (Å²) in [4.78, 5) is 13.2. The van der Waals surface area contributed by atoms with Crippen LogP contribution in [0.3, 0.4) is 0 Å². The Balaban J connectivity index is 1.33. The first-order valence-corrected chi connectivity index (χ1v) is 8.69. The van der Waals surface area contributed by atoms with Crippen LogP contribution in [0.15, 0.2) is 65.2 Å². The SMILES string of the molecule is Cc1ccc(-c2nnn(CC(=O)OCc3cc(-c4ccccc4)on3)n2)cc1. The van der Waals surface area contributed by atoms with E-state index in [-0.39, 0.29) is 13.2 Å². The maximum atomic E-state index is 12.0. The number of benzene rings is 2. The molecule has 0 N–H and O–H groups in total. The van der Waals surface area contributed by atoms with E-state index in [1.807, 2.05) is 61.5 Å². The second kappa shape index (κ2) is 7.83. The fourth-order valence-electron chi connectivity index (χ4n) is 2.56. The average molecular weight is 375 g/mol. The van der Waals surface area contributed by atoms with Gasteiger partial charge in [-0.2, -0.15) is 4.80 Å². The summed E-state index contributed by atoms with van der Waals surface area (Å²) < 4.78 is 10.5. The molecule has 28 heavy (non-hydrogen) atoms. The Bertz CT molecular complexity index is 1070. The molecular weight excluding hydrogens is 358 g/mol. The minimum absolute atomic E-state index is 0.00861. The van der Waals surface area contributed by atoms with Gasteiger partial charge in [0.05, 0.1) is 0 Å². The van der Waals surface area contributed by atoms with E-state index in [0.717, 1.165) is 16.7 Å². The summed E-state index contributed by atoms with van der Waals surface area (Å²) in [7, 11) is 0. The first-order chi connectivity index (χ1) is 13.7. The van der Waals surface area contributed by atoms with E-state index in [1.54, 1.807) is 6.07 Å². The average Bonchev–Trinajstić information content (AvgIpc) is 3.37. The molecule has 0 aliphatic heterocycles. The Labute approximate surface area is 160 Å². The zero-order chi connectivity index (χ0) is 19.3. The number of aryl methyl sites for hydroxylation is 1. The summed E-state index contributed by atoms with van der Waals surface area (Å²) in [5.41, 5.74) is 3.41. The molecule has 0 aliphatic carbocycles. The number of esters is 1. The van der Waals surface area contributed by atoms with E-state index in [4.69, 9.17) is 9.26 Å². The van der Waals surface area contributed by atoms with Gasteiger partial charge in [-0.15, -0.1) is 10.2 Å². The van der Waals surface area contributed by atoms with Crippen LogP contribution in [-0.2, 0) is 22.7 Å². The number of aromatic nitrogens is 5. The lowest BCUT2D eigenvalue weighted by Crippen LogP contribution is -2.15. The molecule has 4 aromatic rings. The number of carbonyl (C=O) groups excluding carboxylic acids is 1. The molecule has 0 aliphatic rings. The topological polar surface area (TPSA) is 95.9 Å². The number of tetrazole rings is 1. The summed E-state index contributed by atoms with van der Waals surface area (Å²) in [6, 6.07) is 19.1. The molecule has 0 radical (unpaired) electrons. The summed E-state index contributed by atoms with van der Waals surface area (Å²) in [5.74, 6) is 0.584. The molecule has 140 valence electrons. The third-order valence-electron chi connectivity index (χ3n) is 4.03. The van der Waals surface area contributed by atoms with Crippen molar-refractivity contribution < 1.29 is 14.1 Å². The van der Waals surface area contributed by atoms with Crippen molar-refractivity contribution in [2.24, 2.45) is 0 Å². The standard InChI is InChI=1S/C20H17N5O3/c1-14-7-9-16(10-8-14)20-21-24-25(22-20)12-19(26)27-13-17-11-18(28-23-17)15-5-3-2-4-6-15/h2-11H,12-13H2,1H3. The van der Waals surface area contributed by atoms with Crippen LogP contribution in [0.4, 0.5) is 0 Å². The highest BCUT2D eigenvalue weighted by atomic mass is 16.5. The maximum absolute atomic E-state index is 12.0. The third kappa shape index (κ3) is 4.12. The summed E-state index contributed by atoms with van der Waals surface area (Å²) >= 11 is 0. The van der Waals surface area contributed by atoms with E-state index in [0.29, 0.717) is 17.3 Å². The number of rotatable bonds is 6. The quantitative estimate of drug-likeness (QED) is 0.478. The minimum Gasteiger partial charge on any atom is -0.458 e. The highest BCUT2D eigenvalue weighted by Gasteiger charge is 2.12. The predicted octanol–water partition coefficient (Wildman–Crippen LogP) is 3.05. The van der Waals surface area contributed by atoms with Gasteiger partial charge in [0.25, 0.3) is 0 Å². The number of nitrogens with zero attached hydrogens (tertiary/aromatic N) is 5. The molecule has 0 spiro atoms. The Kier molecular flexibility index (Phi) is 4.92. The lowest BCUT2D eigenvalue weighted by molar-refractivity contribution is -0.146. The number of hydrogen-bond donors (Lipinski definition) is 0. The smallest absolute Gasteiger partial charge is 0.330 e. The van der Waals surface area contributed by atoms with E-state index < -0.39 is 5.97 Å². The van der Waals surface area contributed by atoms with E-state index >= 15 is 0 Å². The molecule has 2 heterocycles. The number of carbonyl (C=O) groups is 1. The fraction of sp³-hybridized carbons (Fsp3) is 0.150. The van der Waals surface area contributed by atoms with Crippen molar-refractivity contribution in [3.63, 3.8) is 0 Å². The monoisotopic (exact) mass is 375 g/mol. The second-order valence-corrected chi connectivity index (χ2v) is 6.22. The van der Waals surface area contributed by atoms with Gasteiger partial charge in [-0.1, -0.05) is 65.3 Å². The molecule has 2 aromatic carbocycles. The lowest BCUT2D eigenvalue weighted by Gasteiger charge is -2.01. The van der Waals surface area contributed by atoms with Crippen molar-refractivity contribution in [3.05, 3.63) is 71.9 Å². The molecule has 0 bridgehead atoms. The van der Waals surface area contributed by atoms with Gasteiger partial charge in [0.15, 0.2) is 12.3 Å². The highest BCUT2D eigenvalue weighted by molar-refractivity contribution is 5.69. The van der Waals surface area contributed by atoms with Crippen LogP contribution in [0.5, 0.6) is 0 Å². The summed E-state index contributed by atoms with van der Waals surface area (Å²) in [6.45, 7) is 1.87. The first-order valence-electron chi connectivity index (χ1n) is 8.69. The summed E-state index contributed by atoms with van der Waals surface area (Å²) in [5, 5.41) is 16.0. The van der Waals surface area contributed by atoms with E-state index in [9.17, 15) is 4.79 Å². The highest BCUT2D eigenvalue weighted by Crippen LogP contribution is 2.20. The van der Waals surface area contributed by atoms with Crippen LogP contribution in [0.25, 0.3) is 22.7 Å². The molecule has 2 aromatic heterocycles. The van der Waals surface area contributed by atoms with Gasteiger partial charge in [-0.25, -0.2) is 4.79 Å². The van der Waals surface area contributed by atoms with Crippen molar-refractivity contribution >= 4 is 5.97 Å². The molecule has 4 rings (SSSR count). The van der Waals surface area contributed by atoms with Crippen molar-refractivity contribution in [3.8, 4) is 22.7 Å². The van der Waals surface area contributed by atoms with Gasteiger partial charge in [-0.3, -0.25) is 0 Å². The van der Waals surface area contributed by atoms with Gasteiger partial charge < -0.3 is 9.26 Å². The number of hydrogen-bond acceptors (Lipinski definition) is 7. The zero-order valence-electron chi connectivity index (χ0n) is 15.1. The largest absolute Gasteiger partial charge is 0.458 e. The van der Waals surface area contributed by atoms with Crippen LogP contribution >= 0.6 is 0 Å². The van der Waals surface area contributed by atoms with Gasteiger partial charge >= 0.3 is 5.97 Å². The van der Waals surface area contributed by atoms with Gasteiger partial charge in [0.1, 0.15) is 12.3 Å². The fourth-order valence-corrected chi connectivity index (χ4v) is 2.56. The van der Waals surface area contributed by atoms with Crippen LogP contribution in [0, 0.1) is 6.92 Å². The van der Waals surface area contributed by atoms with Crippen molar-refractivity contribution in [1.29, 1.82) is 0 Å². The molecule has 8 nitrogen and oxygen atoms in total. The van der Waals surface area contributed by atoms with E-state index in [1.165, 1.54) is 4.80 Å². The molecule has 0 atom stereocenters. The lowest BCUT2D eigenvalue weighted by atomic mass is 10.1. The molecule has 0 saturated heterocycles. The van der Waals surface area contributed by atoms with E-state index in [2.05, 4.69) is 20.6 Å². The van der Waals surface area contributed by atoms with Crippen LogP contribution in [0.1, 0.15) is 11.3 Å². The van der Waals surface area contributed by atoms with Gasteiger partial charge in [0, 0.05) is 17.2 Å². The van der Waals surface area contributed by atoms with Crippen LogP contribution in [-0.4, -0.2) is 31.3 Å². The predicted molar refractivity (Wildman–Crippen MR) is 99.7 cm³/mol. The Morgan fingerprint density at radius 3 is 2.64 bits per heavy atom. The molecular formula is C20H17N5O3. The molecule has 8 heteroatoms. The van der Waals surface area contributed by atoms with Crippen molar-refractivity contribution in [2.75, 3.05) is 0 Å². The Morgan fingerprint density at radius 2 is 1.86 bits per heavy atom. The van der Waals surface area contributed by atoms with Gasteiger partial charge in [0.2, 0.25) is 5.82 Å². The Hall–Kier alpha value is -3.81. The Morgan fingerprint density at radius 1 is 1.07 bits per heavy atom. The molecule has 0 amide bonds. The molecule has 0 fully saturated rings. The maximum Gasteiger partial charge on any atom is 0.330 e. The summed E-state index contributed by atoms with van der Waals surface area (Å²) in [6.07, 6.45) is 0. The van der Waals surface area contributed by atoms with Crippen molar-refractivity contribution in [1.82, 2.24) is 25.4 Å². The zero-order valence-corrected chi connectivity index (χ0v) is 15.1. The van der Waals surface area contributed by atoms with Gasteiger partial charge in [-0.05, 0) is 12.1 Å². The first kappa shape index (κ1) is 17.6. The number of ether oxygens (including phenoxy) is 1. The normalized spacial score (nSPS) is 10.8. The second-order valence-electron chi connectivity index (χ2n) is 6.22. The third-order valence-corrected chi connectivity index (χ3v) is 4.03. The van der Waals surface area contributed by atoms with Crippen LogP contribution in [0.2, 0.25) is 0 Å². The minimum atomic E-state index is -0.489. The molecule has 0 unspecified atom stereocenters. The molecule has 0 saturated carbocycles.